The predicted molar refractivity (Wildman–Crippen MR) is 66.6 cm³/mol. The second kappa shape index (κ2) is 5.91. The highest BCUT2D eigenvalue weighted by molar-refractivity contribution is 9.10. The molecular formula is C12H15BrFN. The Morgan fingerprint density at radius 2 is 2.33 bits per heavy atom. The van der Waals surface area contributed by atoms with Crippen molar-refractivity contribution in [2.24, 2.45) is 0 Å². The van der Waals surface area contributed by atoms with E-state index in [2.05, 4.69) is 27.8 Å². The number of rotatable bonds is 5. The molecule has 0 saturated heterocycles. The number of benzene rings is 1. The van der Waals surface area contributed by atoms with E-state index in [9.17, 15) is 4.39 Å². The largest absolute Gasteiger partial charge is 0.379 e. The minimum Gasteiger partial charge on any atom is -0.379 e. The minimum atomic E-state index is -0.227. The molecule has 15 heavy (non-hydrogen) atoms. The first-order valence-electron chi connectivity index (χ1n) is 4.96. The quantitative estimate of drug-likeness (QED) is 0.785. The lowest BCUT2D eigenvalue weighted by Gasteiger charge is -2.16. The third-order valence-electron chi connectivity index (χ3n) is 2.16. The molecular weight excluding hydrogens is 257 g/mol. The van der Waals surface area contributed by atoms with Crippen LogP contribution in [0.4, 0.5) is 10.1 Å². The standard InChI is InChI=1S/C12H15BrFN/c1-3-4-6-9(2)15-12-10(13)7-5-8-11(12)14/h3,5,7-9,15H,1,4,6H2,2H3. The summed E-state index contributed by atoms with van der Waals surface area (Å²) in [6.07, 6.45) is 3.75. The summed E-state index contributed by atoms with van der Waals surface area (Å²) in [7, 11) is 0. The molecule has 0 aliphatic carbocycles. The van der Waals surface area contributed by atoms with Crippen molar-refractivity contribution in [1.82, 2.24) is 0 Å². The molecule has 1 atom stereocenters. The van der Waals surface area contributed by atoms with Crippen molar-refractivity contribution in [2.45, 2.75) is 25.8 Å². The van der Waals surface area contributed by atoms with Crippen molar-refractivity contribution >= 4 is 21.6 Å². The summed E-state index contributed by atoms with van der Waals surface area (Å²) in [5.74, 6) is -0.227. The third-order valence-corrected chi connectivity index (χ3v) is 2.82. The molecule has 1 N–H and O–H groups in total. The normalized spacial score (nSPS) is 12.2. The lowest BCUT2D eigenvalue weighted by Crippen LogP contribution is -2.15. The van der Waals surface area contributed by atoms with Gasteiger partial charge in [-0.05, 0) is 47.8 Å². The van der Waals surface area contributed by atoms with Crippen LogP contribution >= 0.6 is 15.9 Å². The molecule has 3 heteroatoms. The SMILES string of the molecule is C=CCCC(C)Nc1c(F)cccc1Br. The van der Waals surface area contributed by atoms with Crippen LogP contribution in [0.5, 0.6) is 0 Å². The molecule has 0 aliphatic heterocycles. The molecule has 1 aromatic rings. The average molecular weight is 272 g/mol. The number of nitrogens with one attached hydrogen (secondary N) is 1. The van der Waals surface area contributed by atoms with Crippen LogP contribution in [0, 0.1) is 5.82 Å². The summed E-state index contributed by atoms with van der Waals surface area (Å²) in [6.45, 7) is 5.69. The summed E-state index contributed by atoms with van der Waals surface area (Å²) in [6, 6.07) is 5.19. The van der Waals surface area contributed by atoms with Gasteiger partial charge >= 0.3 is 0 Å². The highest BCUT2D eigenvalue weighted by Crippen LogP contribution is 2.26. The van der Waals surface area contributed by atoms with Crippen molar-refractivity contribution in [2.75, 3.05) is 5.32 Å². The Morgan fingerprint density at radius 1 is 1.60 bits per heavy atom. The lowest BCUT2D eigenvalue weighted by molar-refractivity contribution is 0.622. The van der Waals surface area contributed by atoms with Crippen molar-refractivity contribution < 1.29 is 4.39 Å². The fraction of sp³-hybridized carbons (Fsp3) is 0.333. The van der Waals surface area contributed by atoms with Crippen LogP contribution in [0.15, 0.2) is 35.3 Å². The van der Waals surface area contributed by atoms with E-state index in [1.807, 2.05) is 19.1 Å². The van der Waals surface area contributed by atoms with E-state index < -0.39 is 0 Å². The molecule has 0 radical (unpaired) electrons. The van der Waals surface area contributed by atoms with Gasteiger partial charge in [0, 0.05) is 10.5 Å². The number of hydrogen-bond acceptors (Lipinski definition) is 1. The van der Waals surface area contributed by atoms with Crippen LogP contribution < -0.4 is 5.32 Å². The first-order chi connectivity index (χ1) is 7.15. The second-order valence-corrected chi connectivity index (χ2v) is 4.36. The Kier molecular flexibility index (Phi) is 4.82. The van der Waals surface area contributed by atoms with Crippen molar-refractivity contribution in [3.05, 3.63) is 41.1 Å². The number of para-hydroxylation sites is 1. The van der Waals surface area contributed by atoms with E-state index in [1.54, 1.807) is 6.07 Å². The van der Waals surface area contributed by atoms with Gasteiger partial charge in [-0.2, -0.15) is 0 Å². The first kappa shape index (κ1) is 12.2. The molecule has 0 aromatic heterocycles. The van der Waals surface area contributed by atoms with E-state index in [4.69, 9.17) is 0 Å². The molecule has 82 valence electrons. The Morgan fingerprint density at radius 3 is 2.93 bits per heavy atom. The molecule has 0 bridgehead atoms. The molecule has 1 rings (SSSR count). The second-order valence-electron chi connectivity index (χ2n) is 3.51. The minimum absolute atomic E-state index is 0.227. The molecule has 0 heterocycles. The molecule has 1 aromatic carbocycles. The Hall–Kier alpha value is -0.830. The summed E-state index contributed by atoms with van der Waals surface area (Å²) in [5.41, 5.74) is 0.536. The van der Waals surface area contributed by atoms with Crippen LogP contribution in [-0.4, -0.2) is 6.04 Å². The van der Waals surface area contributed by atoms with Gasteiger partial charge in [-0.3, -0.25) is 0 Å². The zero-order valence-electron chi connectivity index (χ0n) is 8.76. The molecule has 0 fully saturated rings. The third kappa shape index (κ3) is 3.67. The van der Waals surface area contributed by atoms with Crippen molar-refractivity contribution in [3.63, 3.8) is 0 Å². The van der Waals surface area contributed by atoms with E-state index in [0.29, 0.717) is 5.69 Å². The molecule has 1 unspecified atom stereocenters. The maximum absolute atomic E-state index is 13.4. The number of halogens is 2. The smallest absolute Gasteiger partial charge is 0.147 e. The Bertz CT molecular complexity index is 318. The molecule has 0 aliphatic rings. The maximum atomic E-state index is 13.4. The zero-order valence-corrected chi connectivity index (χ0v) is 10.3. The maximum Gasteiger partial charge on any atom is 0.147 e. The van der Waals surface area contributed by atoms with Gasteiger partial charge in [0.05, 0.1) is 5.69 Å². The zero-order chi connectivity index (χ0) is 11.3. The Labute approximate surface area is 98.5 Å². The fourth-order valence-corrected chi connectivity index (χ4v) is 1.78. The summed E-state index contributed by atoms with van der Waals surface area (Å²) < 4.78 is 14.2. The van der Waals surface area contributed by atoms with Crippen LogP contribution in [0.1, 0.15) is 19.8 Å². The number of anilines is 1. The molecule has 1 nitrogen and oxygen atoms in total. The summed E-state index contributed by atoms with van der Waals surface area (Å²) >= 11 is 3.32. The molecule has 0 spiro atoms. The van der Waals surface area contributed by atoms with Gasteiger partial charge in [0.2, 0.25) is 0 Å². The monoisotopic (exact) mass is 271 g/mol. The van der Waals surface area contributed by atoms with E-state index in [0.717, 1.165) is 17.3 Å². The topological polar surface area (TPSA) is 12.0 Å². The van der Waals surface area contributed by atoms with Gasteiger partial charge in [0.25, 0.3) is 0 Å². The van der Waals surface area contributed by atoms with Crippen LogP contribution in [0.3, 0.4) is 0 Å². The van der Waals surface area contributed by atoms with E-state index in [1.165, 1.54) is 6.07 Å². The van der Waals surface area contributed by atoms with Crippen LogP contribution in [0.25, 0.3) is 0 Å². The van der Waals surface area contributed by atoms with Crippen LogP contribution in [0.2, 0.25) is 0 Å². The van der Waals surface area contributed by atoms with Crippen LogP contribution in [-0.2, 0) is 0 Å². The van der Waals surface area contributed by atoms with Gasteiger partial charge in [0.15, 0.2) is 0 Å². The van der Waals surface area contributed by atoms with Gasteiger partial charge in [-0.1, -0.05) is 12.1 Å². The highest BCUT2D eigenvalue weighted by atomic mass is 79.9. The first-order valence-corrected chi connectivity index (χ1v) is 5.76. The number of hydrogen-bond donors (Lipinski definition) is 1. The van der Waals surface area contributed by atoms with Gasteiger partial charge in [-0.15, -0.1) is 6.58 Å². The summed E-state index contributed by atoms with van der Waals surface area (Å²) in [5, 5.41) is 3.14. The van der Waals surface area contributed by atoms with E-state index in [-0.39, 0.29) is 11.9 Å². The summed E-state index contributed by atoms with van der Waals surface area (Å²) in [4.78, 5) is 0. The van der Waals surface area contributed by atoms with Crippen molar-refractivity contribution in [3.8, 4) is 0 Å². The average Bonchev–Trinajstić information content (AvgIpc) is 2.21. The molecule has 0 amide bonds. The van der Waals surface area contributed by atoms with E-state index >= 15 is 0 Å². The van der Waals surface area contributed by atoms with Crippen molar-refractivity contribution in [1.29, 1.82) is 0 Å². The fourth-order valence-electron chi connectivity index (χ4n) is 1.32. The number of allylic oxidation sites excluding steroid dienone is 1. The highest BCUT2D eigenvalue weighted by Gasteiger charge is 2.08. The van der Waals surface area contributed by atoms with Gasteiger partial charge < -0.3 is 5.32 Å². The van der Waals surface area contributed by atoms with Gasteiger partial charge in [0.1, 0.15) is 5.82 Å². The predicted octanol–water partition coefficient (Wildman–Crippen LogP) is 4.35. The Balaban J connectivity index is 2.67. The van der Waals surface area contributed by atoms with Gasteiger partial charge in [-0.25, -0.2) is 4.39 Å². The molecule has 0 saturated carbocycles. The lowest BCUT2D eigenvalue weighted by atomic mass is 10.1.